The van der Waals surface area contributed by atoms with Gasteiger partial charge in [-0.05, 0) is 7.05 Å². The Morgan fingerprint density at radius 2 is 1.00 bits per heavy atom. The quantitative estimate of drug-likeness (QED) is 0.256. The highest BCUT2D eigenvalue weighted by molar-refractivity contribution is 5.01. The lowest BCUT2D eigenvalue weighted by molar-refractivity contribution is -0.189. The third kappa shape index (κ3) is 1.69. The lowest BCUT2D eigenvalue weighted by Gasteiger charge is -2.41. The first kappa shape index (κ1) is 10.8. The van der Waals surface area contributed by atoms with Crippen LogP contribution < -0.4 is 5.32 Å². The summed E-state index contributed by atoms with van der Waals surface area (Å²) in [6.07, 6.45) is -7.00. The van der Waals surface area contributed by atoms with Crippen LogP contribution in [0.15, 0.2) is 0 Å². The van der Waals surface area contributed by atoms with Crippen LogP contribution in [0.3, 0.4) is 0 Å². The van der Waals surface area contributed by atoms with E-state index in [0.29, 0.717) is 0 Å². The second-order valence-corrected chi connectivity index (χ2v) is 3.27. The van der Waals surface area contributed by atoms with Crippen molar-refractivity contribution in [2.75, 3.05) is 7.05 Å². The van der Waals surface area contributed by atoms with E-state index in [1.165, 1.54) is 7.05 Å². The summed E-state index contributed by atoms with van der Waals surface area (Å²) in [5.74, 6) is 0. The molecule has 0 radical (unpaired) electrons. The molecule has 78 valence electrons. The summed E-state index contributed by atoms with van der Waals surface area (Å²) in [5.41, 5.74) is 0. The van der Waals surface area contributed by atoms with Crippen molar-refractivity contribution in [1.82, 2.24) is 5.32 Å². The number of likely N-dealkylation sites (N-methyl/N-ethyl adjacent to an activating group) is 1. The van der Waals surface area contributed by atoms with Gasteiger partial charge in [-0.1, -0.05) is 0 Å². The molecule has 6 N–H and O–H groups in total. The third-order valence-electron chi connectivity index (χ3n) is 2.47. The number of hydrogen-bond donors (Lipinski definition) is 6. The Kier molecular flexibility index (Phi) is 3.23. The average Bonchev–Trinajstić information content (AvgIpc) is 2.13. The molecule has 0 aromatic rings. The normalized spacial score (nSPS) is 52.2. The summed E-state index contributed by atoms with van der Waals surface area (Å²) in [6.45, 7) is 0. The van der Waals surface area contributed by atoms with Gasteiger partial charge in [-0.25, -0.2) is 0 Å². The van der Waals surface area contributed by atoms with E-state index in [2.05, 4.69) is 5.32 Å². The Morgan fingerprint density at radius 1 is 0.692 bits per heavy atom. The van der Waals surface area contributed by atoms with Crippen LogP contribution in [0.5, 0.6) is 0 Å². The number of nitrogens with one attached hydrogen (secondary N) is 1. The van der Waals surface area contributed by atoms with Gasteiger partial charge in [-0.2, -0.15) is 0 Å². The highest BCUT2D eigenvalue weighted by Gasteiger charge is 2.47. The molecule has 1 saturated carbocycles. The third-order valence-corrected chi connectivity index (χ3v) is 2.47. The van der Waals surface area contributed by atoms with E-state index in [4.69, 9.17) is 5.11 Å². The van der Waals surface area contributed by atoms with Gasteiger partial charge < -0.3 is 30.8 Å². The molecule has 1 aliphatic carbocycles. The Hall–Kier alpha value is -0.240. The Morgan fingerprint density at radius 3 is 1.31 bits per heavy atom. The van der Waals surface area contributed by atoms with Gasteiger partial charge in [-0.15, -0.1) is 0 Å². The highest BCUT2D eigenvalue weighted by atomic mass is 16.4. The fourth-order valence-electron chi connectivity index (χ4n) is 1.57. The Bertz CT molecular complexity index is 162. The molecule has 2 unspecified atom stereocenters. The summed E-state index contributed by atoms with van der Waals surface area (Å²) in [5, 5.41) is 48.9. The summed E-state index contributed by atoms with van der Waals surface area (Å²) in [6, 6.07) is -0.839. The van der Waals surface area contributed by atoms with Crippen molar-refractivity contribution in [2.45, 2.75) is 36.6 Å². The monoisotopic (exact) mass is 193 g/mol. The van der Waals surface area contributed by atoms with Crippen molar-refractivity contribution in [3.63, 3.8) is 0 Å². The largest absolute Gasteiger partial charge is 0.389 e. The average molecular weight is 193 g/mol. The molecule has 1 fully saturated rings. The number of hydrogen-bond acceptors (Lipinski definition) is 6. The molecule has 0 bridgehead atoms. The van der Waals surface area contributed by atoms with Crippen LogP contribution in [0.4, 0.5) is 0 Å². The van der Waals surface area contributed by atoms with Crippen LogP contribution in [-0.4, -0.2) is 69.1 Å². The first-order valence-corrected chi connectivity index (χ1v) is 4.08. The molecular formula is C7H15NO5. The number of rotatable bonds is 1. The Labute approximate surface area is 75.4 Å². The zero-order chi connectivity index (χ0) is 10.2. The summed E-state index contributed by atoms with van der Waals surface area (Å²) in [7, 11) is 1.48. The fraction of sp³-hybridized carbons (Fsp3) is 1.00. The zero-order valence-electron chi connectivity index (χ0n) is 7.20. The van der Waals surface area contributed by atoms with Gasteiger partial charge in [0, 0.05) is 0 Å². The van der Waals surface area contributed by atoms with Crippen LogP contribution in [0.2, 0.25) is 0 Å². The minimum absolute atomic E-state index is 0.839. The molecular weight excluding hydrogens is 178 g/mol. The number of aliphatic hydroxyl groups is 5. The second kappa shape index (κ2) is 3.87. The molecule has 0 amide bonds. The van der Waals surface area contributed by atoms with Crippen LogP contribution in [-0.2, 0) is 0 Å². The van der Waals surface area contributed by atoms with E-state index in [9.17, 15) is 20.4 Å². The van der Waals surface area contributed by atoms with Gasteiger partial charge in [0.1, 0.15) is 30.5 Å². The molecule has 6 heteroatoms. The first-order valence-electron chi connectivity index (χ1n) is 4.08. The van der Waals surface area contributed by atoms with Crippen molar-refractivity contribution in [3.8, 4) is 0 Å². The van der Waals surface area contributed by atoms with Crippen LogP contribution in [0.25, 0.3) is 0 Å². The summed E-state index contributed by atoms with van der Waals surface area (Å²) >= 11 is 0. The molecule has 0 heterocycles. The van der Waals surface area contributed by atoms with Gasteiger partial charge in [0.05, 0.1) is 6.04 Å². The van der Waals surface area contributed by atoms with Gasteiger partial charge in [0.15, 0.2) is 0 Å². The minimum Gasteiger partial charge on any atom is -0.389 e. The van der Waals surface area contributed by atoms with Gasteiger partial charge in [0.2, 0.25) is 0 Å². The predicted octanol–water partition coefficient (Wildman–Crippen LogP) is -3.61. The summed E-state index contributed by atoms with van der Waals surface area (Å²) in [4.78, 5) is 0. The van der Waals surface area contributed by atoms with E-state index in [1.807, 2.05) is 0 Å². The van der Waals surface area contributed by atoms with E-state index in [0.717, 1.165) is 0 Å². The predicted molar refractivity (Wildman–Crippen MR) is 42.9 cm³/mol. The van der Waals surface area contributed by atoms with Gasteiger partial charge in [-0.3, -0.25) is 0 Å². The van der Waals surface area contributed by atoms with E-state index >= 15 is 0 Å². The number of aliphatic hydroxyl groups excluding tert-OH is 5. The van der Waals surface area contributed by atoms with E-state index in [1.54, 1.807) is 0 Å². The molecule has 0 spiro atoms. The maximum absolute atomic E-state index is 9.35. The van der Waals surface area contributed by atoms with Gasteiger partial charge in [0.25, 0.3) is 0 Å². The van der Waals surface area contributed by atoms with Crippen molar-refractivity contribution in [3.05, 3.63) is 0 Å². The maximum atomic E-state index is 9.35. The Balaban J connectivity index is 2.79. The van der Waals surface area contributed by atoms with E-state index in [-0.39, 0.29) is 0 Å². The minimum atomic E-state index is -1.52. The van der Waals surface area contributed by atoms with Crippen molar-refractivity contribution in [2.24, 2.45) is 0 Å². The molecule has 1 aliphatic rings. The molecule has 0 saturated heterocycles. The van der Waals surface area contributed by atoms with Crippen molar-refractivity contribution < 1.29 is 25.5 Å². The SMILES string of the molecule is CNC1[C@@H](O)[C@H](O)C(O)[C@H](O)[C@H]1O. The van der Waals surface area contributed by atoms with Crippen molar-refractivity contribution >= 4 is 0 Å². The standard InChI is InChI=1S/C7H15NO5/c1-8-2-3(9)5(11)7(13)6(12)4(2)10/h2-13H,1H3/t2?,3-,4+,5+,6-,7?. The molecule has 13 heavy (non-hydrogen) atoms. The molecule has 6 nitrogen and oxygen atoms in total. The fourth-order valence-corrected chi connectivity index (χ4v) is 1.57. The first-order chi connectivity index (χ1) is 6.00. The molecule has 0 aliphatic heterocycles. The lowest BCUT2D eigenvalue weighted by atomic mass is 9.83. The van der Waals surface area contributed by atoms with E-state index < -0.39 is 36.6 Å². The second-order valence-electron chi connectivity index (χ2n) is 3.27. The van der Waals surface area contributed by atoms with Crippen LogP contribution in [0, 0.1) is 0 Å². The topological polar surface area (TPSA) is 113 Å². The zero-order valence-corrected chi connectivity index (χ0v) is 7.20. The summed E-state index contributed by atoms with van der Waals surface area (Å²) < 4.78 is 0. The van der Waals surface area contributed by atoms with Crippen LogP contribution in [0.1, 0.15) is 0 Å². The van der Waals surface area contributed by atoms with Gasteiger partial charge >= 0.3 is 0 Å². The highest BCUT2D eigenvalue weighted by Crippen LogP contribution is 2.20. The lowest BCUT2D eigenvalue weighted by Crippen LogP contribution is -2.67. The molecule has 0 aromatic carbocycles. The molecule has 0 aromatic heterocycles. The maximum Gasteiger partial charge on any atom is 0.111 e. The smallest absolute Gasteiger partial charge is 0.111 e. The molecule has 1 rings (SSSR count). The molecule has 6 atom stereocenters. The van der Waals surface area contributed by atoms with Crippen LogP contribution >= 0.6 is 0 Å². The van der Waals surface area contributed by atoms with Crippen molar-refractivity contribution in [1.29, 1.82) is 0 Å².